The number of nitrogens with zero attached hydrogens (tertiary/aromatic N) is 1. The van der Waals surface area contributed by atoms with Gasteiger partial charge in [0.2, 0.25) is 5.91 Å². The van der Waals surface area contributed by atoms with Crippen molar-refractivity contribution >= 4 is 23.6 Å². The number of carbonyl (C=O) groups is 2. The molecule has 1 aliphatic rings. The molecule has 0 aliphatic carbocycles. The molecule has 0 aromatic heterocycles. The normalized spacial score (nSPS) is 21.9. The molecular formula is C10H18N2O3S. The van der Waals surface area contributed by atoms with Crippen LogP contribution in [-0.4, -0.2) is 52.5 Å². The highest BCUT2D eigenvalue weighted by atomic mass is 32.2. The highest BCUT2D eigenvalue weighted by Gasteiger charge is 2.20. The number of primary amides is 1. The zero-order valence-corrected chi connectivity index (χ0v) is 10.0. The lowest BCUT2D eigenvalue weighted by atomic mass is 10.1. The first-order valence-electron chi connectivity index (χ1n) is 5.42. The summed E-state index contributed by atoms with van der Waals surface area (Å²) in [6.07, 6.45) is 2.34. The average molecular weight is 246 g/mol. The second kappa shape index (κ2) is 6.75. The van der Waals surface area contributed by atoms with E-state index in [9.17, 15) is 9.59 Å². The topological polar surface area (TPSA) is 83.6 Å². The van der Waals surface area contributed by atoms with E-state index in [2.05, 4.69) is 4.90 Å². The van der Waals surface area contributed by atoms with Gasteiger partial charge >= 0.3 is 5.97 Å². The number of thioether (sulfide) groups is 1. The summed E-state index contributed by atoms with van der Waals surface area (Å²) in [6, 6.07) is 0. The molecule has 5 nitrogen and oxygen atoms in total. The zero-order valence-electron chi connectivity index (χ0n) is 9.22. The third-order valence-corrected chi connectivity index (χ3v) is 3.87. The molecule has 16 heavy (non-hydrogen) atoms. The Labute approximate surface area is 99.4 Å². The minimum atomic E-state index is -0.757. The Balaban J connectivity index is 2.24. The molecule has 3 N–H and O–H groups in total. The number of aliphatic carboxylic acids is 1. The van der Waals surface area contributed by atoms with Gasteiger partial charge in [0.05, 0.1) is 12.2 Å². The van der Waals surface area contributed by atoms with Crippen LogP contribution in [0.5, 0.6) is 0 Å². The van der Waals surface area contributed by atoms with Crippen LogP contribution < -0.4 is 5.73 Å². The van der Waals surface area contributed by atoms with Crippen molar-refractivity contribution in [3.05, 3.63) is 0 Å². The Morgan fingerprint density at radius 1 is 1.50 bits per heavy atom. The van der Waals surface area contributed by atoms with Crippen molar-refractivity contribution in [2.24, 2.45) is 5.73 Å². The summed E-state index contributed by atoms with van der Waals surface area (Å²) >= 11 is 1.58. The van der Waals surface area contributed by atoms with Gasteiger partial charge in [0.25, 0.3) is 0 Å². The maximum Gasteiger partial charge on any atom is 0.304 e. The number of rotatable bonds is 6. The molecule has 0 radical (unpaired) electrons. The predicted octanol–water partition coefficient (Wildman–Crippen LogP) is 0.144. The maximum absolute atomic E-state index is 10.6. The van der Waals surface area contributed by atoms with Crippen LogP contribution in [0, 0.1) is 0 Å². The fourth-order valence-electron chi connectivity index (χ4n) is 1.81. The molecule has 1 atom stereocenters. The molecule has 0 spiro atoms. The van der Waals surface area contributed by atoms with Crippen molar-refractivity contribution in [1.82, 2.24) is 4.90 Å². The predicted molar refractivity (Wildman–Crippen MR) is 63.4 cm³/mol. The van der Waals surface area contributed by atoms with E-state index in [1.807, 2.05) is 0 Å². The number of nitrogens with two attached hydrogens (primary N) is 1. The highest BCUT2D eigenvalue weighted by Crippen LogP contribution is 2.22. The lowest BCUT2D eigenvalue weighted by Gasteiger charge is -2.31. The number of piperidine rings is 1. The summed E-state index contributed by atoms with van der Waals surface area (Å²) in [5.74, 6) is -0.683. The standard InChI is InChI=1S/C10H18N2O3S/c11-9(13)7-16-8-2-1-4-12(6-8)5-3-10(14)15/h8H,1-7H2,(H2,11,13)(H,14,15). The van der Waals surface area contributed by atoms with Crippen molar-refractivity contribution in [3.63, 3.8) is 0 Å². The number of carboxylic acid groups (broad SMARTS) is 1. The molecule has 1 unspecified atom stereocenters. The summed E-state index contributed by atoms with van der Waals surface area (Å²) in [7, 11) is 0. The average Bonchev–Trinajstić information content (AvgIpc) is 2.24. The van der Waals surface area contributed by atoms with Gasteiger partial charge in [-0.05, 0) is 19.4 Å². The minimum absolute atomic E-state index is 0.188. The summed E-state index contributed by atoms with van der Waals surface area (Å²) in [6.45, 7) is 2.43. The van der Waals surface area contributed by atoms with E-state index in [0.717, 1.165) is 25.9 Å². The third-order valence-electron chi connectivity index (χ3n) is 2.57. The van der Waals surface area contributed by atoms with Crippen LogP contribution in [0.2, 0.25) is 0 Å². The van der Waals surface area contributed by atoms with Crippen LogP contribution in [-0.2, 0) is 9.59 Å². The Bertz CT molecular complexity index is 236. The van der Waals surface area contributed by atoms with Gasteiger partial charge < -0.3 is 15.7 Å². The van der Waals surface area contributed by atoms with Gasteiger partial charge in [0, 0.05) is 18.3 Å². The molecule has 1 saturated heterocycles. The molecule has 0 aromatic rings. The van der Waals surface area contributed by atoms with Crippen molar-refractivity contribution in [2.75, 3.05) is 25.4 Å². The monoisotopic (exact) mass is 246 g/mol. The SMILES string of the molecule is NC(=O)CSC1CCCN(CCC(=O)O)C1. The van der Waals surface area contributed by atoms with Crippen molar-refractivity contribution < 1.29 is 14.7 Å². The fourth-order valence-corrected chi connectivity index (χ4v) is 2.86. The number of hydrogen-bond acceptors (Lipinski definition) is 4. The number of likely N-dealkylation sites (tertiary alicyclic amines) is 1. The summed E-state index contributed by atoms with van der Waals surface area (Å²) in [4.78, 5) is 23.2. The molecule has 1 amide bonds. The van der Waals surface area contributed by atoms with Crippen molar-refractivity contribution in [1.29, 1.82) is 0 Å². The quantitative estimate of drug-likeness (QED) is 0.696. The van der Waals surface area contributed by atoms with Gasteiger partial charge in [-0.15, -0.1) is 11.8 Å². The third kappa shape index (κ3) is 5.37. The number of carbonyl (C=O) groups excluding carboxylic acids is 1. The zero-order chi connectivity index (χ0) is 12.0. The Morgan fingerprint density at radius 2 is 2.25 bits per heavy atom. The molecule has 1 heterocycles. The highest BCUT2D eigenvalue weighted by molar-refractivity contribution is 8.00. The molecule has 1 aliphatic heterocycles. The van der Waals surface area contributed by atoms with E-state index in [4.69, 9.17) is 10.8 Å². The Kier molecular flexibility index (Phi) is 5.62. The summed E-state index contributed by atoms with van der Waals surface area (Å²) < 4.78 is 0. The number of hydrogen-bond donors (Lipinski definition) is 2. The first-order valence-corrected chi connectivity index (χ1v) is 6.47. The van der Waals surface area contributed by atoms with Crippen LogP contribution in [0.15, 0.2) is 0 Å². The fraction of sp³-hybridized carbons (Fsp3) is 0.800. The van der Waals surface area contributed by atoms with Crippen LogP contribution in [0.1, 0.15) is 19.3 Å². The second-order valence-corrected chi connectivity index (χ2v) is 5.27. The molecule has 1 fully saturated rings. The second-order valence-electron chi connectivity index (χ2n) is 3.99. The van der Waals surface area contributed by atoms with Crippen LogP contribution >= 0.6 is 11.8 Å². The first-order chi connectivity index (χ1) is 7.58. The van der Waals surface area contributed by atoms with Gasteiger partial charge in [-0.1, -0.05) is 0 Å². The van der Waals surface area contributed by atoms with Gasteiger partial charge in [-0.3, -0.25) is 9.59 Å². The van der Waals surface area contributed by atoms with Crippen molar-refractivity contribution in [3.8, 4) is 0 Å². The van der Waals surface area contributed by atoms with E-state index < -0.39 is 5.97 Å². The molecule has 0 aromatic carbocycles. The summed E-state index contributed by atoms with van der Waals surface area (Å²) in [5, 5.41) is 9.01. The molecule has 0 bridgehead atoms. The molecule has 1 rings (SSSR count). The van der Waals surface area contributed by atoms with E-state index in [0.29, 0.717) is 17.5 Å². The lowest BCUT2D eigenvalue weighted by Crippen LogP contribution is -2.38. The van der Waals surface area contributed by atoms with E-state index >= 15 is 0 Å². The van der Waals surface area contributed by atoms with E-state index in [1.54, 1.807) is 11.8 Å². The Morgan fingerprint density at radius 3 is 2.88 bits per heavy atom. The largest absolute Gasteiger partial charge is 0.481 e. The van der Waals surface area contributed by atoms with Gasteiger partial charge in [-0.2, -0.15) is 0 Å². The first kappa shape index (κ1) is 13.3. The van der Waals surface area contributed by atoms with Crippen LogP contribution in [0.25, 0.3) is 0 Å². The molecule has 92 valence electrons. The maximum atomic E-state index is 10.6. The van der Waals surface area contributed by atoms with Crippen LogP contribution in [0.4, 0.5) is 0 Å². The van der Waals surface area contributed by atoms with Gasteiger partial charge in [0.1, 0.15) is 0 Å². The molecule has 6 heteroatoms. The molecule has 0 saturated carbocycles. The Hall–Kier alpha value is -0.750. The van der Waals surface area contributed by atoms with Gasteiger partial charge in [-0.25, -0.2) is 0 Å². The summed E-state index contributed by atoms with van der Waals surface area (Å²) in [5.41, 5.74) is 5.09. The van der Waals surface area contributed by atoms with Crippen molar-refractivity contribution in [2.45, 2.75) is 24.5 Å². The van der Waals surface area contributed by atoms with Gasteiger partial charge in [0.15, 0.2) is 0 Å². The van der Waals surface area contributed by atoms with Crippen LogP contribution in [0.3, 0.4) is 0 Å². The lowest BCUT2D eigenvalue weighted by molar-refractivity contribution is -0.137. The minimum Gasteiger partial charge on any atom is -0.481 e. The van der Waals surface area contributed by atoms with E-state index in [-0.39, 0.29) is 12.3 Å². The van der Waals surface area contributed by atoms with E-state index in [1.165, 1.54) is 0 Å². The number of amides is 1. The number of carboxylic acids is 1. The smallest absolute Gasteiger partial charge is 0.304 e. The molecular weight excluding hydrogens is 228 g/mol.